The van der Waals surface area contributed by atoms with Crippen LogP contribution in [0.15, 0.2) is 11.7 Å². The minimum absolute atomic E-state index is 0.265. The molecule has 0 saturated heterocycles. The predicted molar refractivity (Wildman–Crippen MR) is 51.5 cm³/mol. The van der Waals surface area contributed by atoms with Crippen molar-refractivity contribution in [2.24, 2.45) is 0 Å². The molecule has 0 aliphatic carbocycles. The van der Waals surface area contributed by atoms with Crippen LogP contribution in [0, 0.1) is 0 Å². The second-order valence-electron chi connectivity index (χ2n) is 2.83. The average Bonchev–Trinajstić information content (AvgIpc) is 2.87. The first-order chi connectivity index (χ1) is 6.86. The van der Waals surface area contributed by atoms with Crippen molar-refractivity contribution >= 4 is 11.3 Å². The monoisotopic (exact) mass is 210 g/mol. The van der Waals surface area contributed by atoms with Crippen LogP contribution in [0.25, 0.3) is 0 Å². The van der Waals surface area contributed by atoms with Gasteiger partial charge in [-0.15, -0.1) is 21.5 Å². The molecule has 1 unspecified atom stereocenters. The smallest absolute Gasteiger partial charge is 0.188 e. The van der Waals surface area contributed by atoms with E-state index in [2.05, 4.69) is 37.8 Å². The highest BCUT2D eigenvalue weighted by molar-refractivity contribution is 7.09. The Morgan fingerprint density at radius 1 is 1.64 bits per heavy atom. The quantitative estimate of drug-likeness (QED) is 0.768. The molecule has 0 aliphatic rings. The van der Waals surface area contributed by atoms with Gasteiger partial charge in [0.1, 0.15) is 0 Å². The molecule has 2 aromatic rings. The van der Waals surface area contributed by atoms with Crippen LogP contribution in [0.1, 0.15) is 23.7 Å². The molecular weight excluding hydrogens is 200 g/mol. The van der Waals surface area contributed by atoms with Crippen molar-refractivity contribution in [1.29, 1.82) is 0 Å². The van der Waals surface area contributed by atoms with Crippen molar-refractivity contribution < 1.29 is 0 Å². The summed E-state index contributed by atoms with van der Waals surface area (Å²) >= 11 is 1.63. The molecule has 2 aromatic heterocycles. The first-order valence-electron chi connectivity index (χ1n) is 4.20. The number of nitrogens with one attached hydrogen (secondary N) is 2. The Balaban J connectivity index is 1.87. The fraction of sp³-hybridized carbons (Fsp3) is 0.429. The summed E-state index contributed by atoms with van der Waals surface area (Å²) < 4.78 is 0. The average molecular weight is 210 g/mol. The largest absolute Gasteiger partial charge is 0.302 e. The summed E-state index contributed by atoms with van der Waals surface area (Å²) in [7, 11) is 0. The molecule has 2 rings (SSSR count). The van der Waals surface area contributed by atoms with Crippen LogP contribution < -0.4 is 5.32 Å². The number of nitrogens with zero attached hydrogens (tertiary/aromatic N) is 4. The number of hydrogen-bond donors (Lipinski definition) is 2. The van der Waals surface area contributed by atoms with Crippen LogP contribution in [0.3, 0.4) is 0 Å². The van der Waals surface area contributed by atoms with E-state index in [1.54, 1.807) is 11.3 Å². The van der Waals surface area contributed by atoms with E-state index in [0.717, 1.165) is 0 Å². The van der Waals surface area contributed by atoms with E-state index < -0.39 is 0 Å². The summed E-state index contributed by atoms with van der Waals surface area (Å²) in [5, 5.41) is 16.9. The Hall–Kier alpha value is -1.34. The van der Waals surface area contributed by atoms with Crippen molar-refractivity contribution in [1.82, 2.24) is 30.9 Å². The molecule has 0 aromatic carbocycles. The van der Waals surface area contributed by atoms with Gasteiger partial charge in [-0.25, -0.2) is 0 Å². The summed E-state index contributed by atoms with van der Waals surface area (Å²) in [4.78, 5) is 5.22. The van der Waals surface area contributed by atoms with Gasteiger partial charge in [0.2, 0.25) is 0 Å². The maximum Gasteiger partial charge on any atom is 0.188 e. The van der Waals surface area contributed by atoms with Crippen LogP contribution >= 0.6 is 11.3 Å². The van der Waals surface area contributed by atoms with E-state index in [4.69, 9.17) is 0 Å². The van der Waals surface area contributed by atoms with Crippen molar-refractivity contribution in [3.8, 4) is 0 Å². The second kappa shape index (κ2) is 4.25. The molecule has 0 radical (unpaired) electrons. The van der Waals surface area contributed by atoms with Gasteiger partial charge in [-0.2, -0.15) is 5.21 Å². The van der Waals surface area contributed by atoms with Gasteiger partial charge in [0.25, 0.3) is 0 Å². The third kappa shape index (κ3) is 2.12. The van der Waals surface area contributed by atoms with E-state index in [1.807, 2.05) is 11.7 Å². The summed E-state index contributed by atoms with van der Waals surface area (Å²) in [5.74, 6) is 0.668. The highest BCUT2D eigenvalue weighted by Gasteiger charge is 2.07. The number of tetrazole rings is 1. The molecule has 1 atom stereocenters. The predicted octanol–water partition coefficient (Wildman–Crippen LogP) is 0.507. The van der Waals surface area contributed by atoms with Crippen molar-refractivity contribution in [3.63, 3.8) is 0 Å². The molecule has 74 valence electrons. The van der Waals surface area contributed by atoms with Crippen LogP contribution in [0.4, 0.5) is 0 Å². The van der Waals surface area contributed by atoms with Gasteiger partial charge in [-0.3, -0.25) is 4.98 Å². The van der Waals surface area contributed by atoms with Gasteiger partial charge >= 0.3 is 0 Å². The lowest BCUT2D eigenvalue weighted by Crippen LogP contribution is -2.18. The second-order valence-corrected chi connectivity index (χ2v) is 3.75. The molecule has 14 heavy (non-hydrogen) atoms. The van der Waals surface area contributed by atoms with Crippen LogP contribution in [-0.2, 0) is 6.54 Å². The van der Waals surface area contributed by atoms with E-state index in [9.17, 15) is 0 Å². The molecule has 0 amide bonds. The van der Waals surface area contributed by atoms with Gasteiger partial charge < -0.3 is 5.32 Å². The molecular formula is C7H10N6S. The number of rotatable bonds is 4. The summed E-state index contributed by atoms with van der Waals surface area (Å²) in [6.07, 6.45) is 1.86. The van der Waals surface area contributed by atoms with Gasteiger partial charge in [0.15, 0.2) is 5.82 Å². The molecule has 2 heterocycles. The zero-order valence-electron chi connectivity index (χ0n) is 7.64. The highest BCUT2D eigenvalue weighted by Crippen LogP contribution is 2.16. The molecule has 0 aliphatic heterocycles. The summed E-state index contributed by atoms with van der Waals surface area (Å²) in [5.41, 5.74) is 1.82. The Morgan fingerprint density at radius 3 is 3.21 bits per heavy atom. The lowest BCUT2D eigenvalue weighted by atomic mass is 10.3. The van der Waals surface area contributed by atoms with Crippen LogP contribution in [-0.4, -0.2) is 25.6 Å². The Kier molecular flexibility index (Phi) is 2.80. The van der Waals surface area contributed by atoms with E-state index in [0.29, 0.717) is 12.4 Å². The van der Waals surface area contributed by atoms with E-state index in [1.165, 1.54) is 4.88 Å². The topological polar surface area (TPSA) is 79.4 Å². The molecule has 0 spiro atoms. The minimum Gasteiger partial charge on any atom is -0.302 e. The molecule has 7 heteroatoms. The SMILES string of the molecule is CC(NCc1nn[nH]n1)c1cncs1. The van der Waals surface area contributed by atoms with Crippen molar-refractivity contribution in [2.45, 2.75) is 19.5 Å². The molecule has 0 saturated carbocycles. The molecule has 6 nitrogen and oxygen atoms in total. The van der Waals surface area contributed by atoms with Gasteiger partial charge in [0.05, 0.1) is 12.1 Å². The third-order valence-electron chi connectivity index (χ3n) is 1.83. The highest BCUT2D eigenvalue weighted by atomic mass is 32.1. The third-order valence-corrected chi connectivity index (χ3v) is 2.79. The van der Waals surface area contributed by atoms with Crippen molar-refractivity contribution in [2.75, 3.05) is 0 Å². The summed E-state index contributed by atoms with van der Waals surface area (Å²) in [6, 6.07) is 0.265. The van der Waals surface area contributed by atoms with Gasteiger partial charge in [-0.05, 0) is 6.92 Å². The Morgan fingerprint density at radius 2 is 2.57 bits per heavy atom. The lowest BCUT2D eigenvalue weighted by Gasteiger charge is -2.08. The number of H-pyrrole nitrogens is 1. The minimum atomic E-state index is 0.265. The van der Waals surface area contributed by atoms with E-state index >= 15 is 0 Å². The zero-order valence-corrected chi connectivity index (χ0v) is 8.45. The lowest BCUT2D eigenvalue weighted by molar-refractivity contribution is 0.566. The molecule has 0 fully saturated rings. The normalized spacial score (nSPS) is 12.9. The Bertz CT molecular complexity index is 355. The first kappa shape index (κ1) is 9.22. The number of hydrogen-bond acceptors (Lipinski definition) is 6. The fourth-order valence-corrected chi connectivity index (χ4v) is 1.69. The number of aromatic nitrogens is 5. The zero-order chi connectivity index (χ0) is 9.80. The van der Waals surface area contributed by atoms with Gasteiger partial charge in [-0.1, -0.05) is 5.21 Å². The first-order valence-corrected chi connectivity index (χ1v) is 5.08. The van der Waals surface area contributed by atoms with Crippen molar-refractivity contribution in [3.05, 3.63) is 22.4 Å². The molecule has 0 bridgehead atoms. The number of aromatic amines is 1. The Labute approximate surface area is 84.8 Å². The molecule has 2 N–H and O–H groups in total. The fourth-order valence-electron chi connectivity index (χ4n) is 1.04. The van der Waals surface area contributed by atoms with Gasteiger partial charge in [0, 0.05) is 17.1 Å². The van der Waals surface area contributed by atoms with Crippen LogP contribution in [0.5, 0.6) is 0 Å². The maximum absolute atomic E-state index is 4.02. The summed E-state index contributed by atoms with van der Waals surface area (Å²) in [6.45, 7) is 2.68. The maximum atomic E-state index is 4.02. The number of thiazole rings is 1. The standard InChI is InChI=1S/C7H10N6S/c1-5(6-2-8-4-14-6)9-3-7-10-12-13-11-7/h2,4-5,9H,3H2,1H3,(H,10,11,12,13). The van der Waals surface area contributed by atoms with E-state index in [-0.39, 0.29) is 6.04 Å². The van der Waals surface area contributed by atoms with Crippen LogP contribution in [0.2, 0.25) is 0 Å².